The number of hydrogen-bond donors (Lipinski definition) is 2. The molecule has 2 bridgehead atoms. The first-order chi connectivity index (χ1) is 12.3. The van der Waals surface area contributed by atoms with Gasteiger partial charge in [-0.15, -0.1) is 0 Å². The Kier molecular flexibility index (Phi) is 3.75. The van der Waals surface area contributed by atoms with Gasteiger partial charge in [-0.25, -0.2) is 9.97 Å². The van der Waals surface area contributed by atoms with Crippen LogP contribution in [0.5, 0.6) is 0 Å². The van der Waals surface area contributed by atoms with E-state index in [9.17, 15) is 0 Å². The molecular formula is C20H21ClN4. The van der Waals surface area contributed by atoms with E-state index in [-0.39, 0.29) is 0 Å². The number of allylic oxidation sites excluding steroid dienone is 1. The van der Waals surface area contributed by atoms with Crippen LogP contribution in [0.3, 0.4) is 0 Å². The summed E-state index contributed by atoms with van der Waals surface area (Å²) in [5.41, 5.74) is 4.52. The van der Waals surface area contributed by atoms with Gasteiger partial charge < -0.3 is 10.6 Å². The van der Waals surface area contributed by atoms with Crippen LogP contribution in [-0.4, -0.2) is 28.1 Å². The molecule has 0 spiro atoms. The summed E-state index contributed by atoms with van der Waals surface area (Å²) in [4.78, 5) is 9.20. The van der Waals surface area contributed by atoms with Crippen molar-refractivity contribution in [1.82, 2.24) is 15.3 Å². The highest BCUT2D eigenvalue weighted by atomic mass is 35.5. The third-order valence-electron chi connectivity index (χ3n) is 5.64. The molecule has 3 heterocycles. The zero-order chi connectivity index (χ0) is 16.8. The van der Waals surface area contributed by atoms with Gasteiger partial charge in [0.1, 0.15) is 0 Å². The lowest BCUT2D eigenvalue weighted by molar-refractivity contribution is 0.377. The third-order valence-corrected chi connectivity index (χ3v) is 5.92. The fourth-order valence-corrected chi connectivity index (χ4v) is 4.68. The molecule has 2 N–H and O–H groups in total. The Balaban J connectivity index is 1.42. The van der Waals surface area contributed by atoms with Crippen molar-refractivity contribution in [3.63, 3.8) is 0 Å². The van der Waals surface area contributed by atoms with Crippen LogP contribution in [0.15, 0.2) is 36.5 Å². The lowest BCUT2D eigenvalue weighted by atomic mass is 10.00. The zero-order valence-electron chi connectivity index (χ0n) is 14.0. The molecule has 2 aliphatic heterocycles. The fraction of sp³-hybridized carbons (Fsp3) is 0.400. The minimum atomic E-state index is 0.442. The molecule has 1 unspecified atom stereocenters. The van der Waals surface area contributed by atoms with Crippen molar-refractivity contribution >= 4 is 23.1 Å². The fourth-order valence-electron chi connectivity index (χ4n) is 4.49. The topological polar surface area (TPSA) is 49.8 Å². The Morgan fingerprint density at radius 3 is 2.76 bits per heavy atom. The molecule has 5 heteroatoms. The summed E-state index contributed by atoms with van der Waals surface area (Å²) in [5, 5.41) is 7.83. The smallest absolute Gasteiger partial charge is 0.223 e. The van der Waals surface area contributed by atoms with Crippen molar-refractivity contribution in [3.8, 4) is 0 Å². The van der Waals surface area contributed by atoms with Gasteiger partial charge in [-0.05, 0) is 43.2 Å². The van der Waals surface area contributed by atoms with Gasteiger partial charge in [0, 0.05) is 23.7 Å². The summed E-state index contributed by atoms with van der Waals surface area (Å²) >= 11 is 6.44. The van der Waals surface area contributed by atoms with Crippen molar-refractivity contribution in [2.45, 2.75) is 50.2 Å². The molecule has 1 aromatic heterocycles. The summed E-state index contributed by atoms with van der Waals surface area (Å²) < 4.78 is 0. The number of hydrogen-bond acceptors (Lipinski definition) is 4. The van der Waals surface area contributed by atoms with Crippen molar-refractivity contribution in [2.24, 2.45) is 0 Å². The quantitative estimate of drug-likeness (QED) is 0.881. The van der Waals surface area contributed by atoms with Crippen molar-refractivity contribution in [2.75, 3.05) is 5.32 Å². The van der Waals surface area contributed by atoms with E-state index in [1.807, 2.05) is 0 Å². The van der Waals surface area contributed by atoms with E-state index in [1.165, 1.54) is 24.0 Å². The summed E-state index contributed by atoms with van der Waals surface area (Å²) in [5.74, 6) is 0.691. The summed E-state index contributed by atoms with van der Waals surface area (Å²) in [6, 6.07) is 10.2. The molecular weight excluding hydrogens is 332 g/mol. The first-order valence-electron chi connectivity index (χ1n) is 9.10. The van der Waals surface area contributed by atoms with Gasteiger partial charge in [-0.1, -0.05) is 41.9 Å². The molecule has 1 aromatic carbocycles. The highest BCUT2D eigenvalue weighted by Gasteiger charge is 2.33. The van der Waals surface area contributed by atoms with E-state index < -0.39 is 0 Å². The van der Waals surface area contributed by atoms with Gasteiger partial charge in [-0.3, -0.25) is 0 Å². The first kappa shape index (κ1) is 15.4. The molecule has 3 atom stereocenters. The van der Waals surface area contributed by atoms with E-state index in [2.05, 4.69) is 46.0 Å². The zero-order valence-corrected chi connectivity index (χ0v) is 14.8. The molecule has 128 valence electrons. The Labute approximate surface area is 152 Å². The second-order valence-corrected chi connectivity index (χ2v) is 7.73. The number of anilines is 1. The molecule has 2 fully saturated rings. The SMILES string of the molecule is Clc1cnc(NC2C[C@H]3CC[C@@H](C2)N3)nc1C1=CCc2ccccc21. The van der Waals surface area contributed by atoms with E-state index in [4.69, 9.17) is 16.6 Å². The van der Waals surface area contributed by atoms with Crippen LogP contribution in [0, 0.1) is 0 Å². The molecule has 0 radical (unpaired) electrons. The van der Waals surface area contributed by atoms with E-state index in [1.54, 1.807) is 6.20 Å². The maximum absolute atomic E-state index is 6.44. The number of piperidine rings is 1. The van der Waals surface area contributed by atoms with Crippen LogP contribution in [0.4, 0.5) is 5.95 Å². The molecule has 3 aliphatic rings. The van der Waals surface area contributed by atoms with E-state index in [0.29, 0.717) is 29.1 Å². The molecule has 0 saturated carbocycles. The maximum atomic E-state index is 6.44. The molecule has 1 aliphatic carbocycles. The molecule has 2 aromatic rings. The summed E-state index contributed by atoms with van der Waals surface area (Å²) in [7, 11) is 0. The standard InChI is InChI=1S/C20H21ClN4/c21-18-11-22-20(24-15-9-13-6-7-14(10-15)23-13)25-19(18)17-8-5-12-3-1-2-4-16(12)17/h1-4,8,11,13-15,23H,5-7,9-10H2,(H,22,24,25)/t13-,14+,15?. The highest BCUT2D eigenvalue weighted by molar-refractivity contribution is 6.32. The number of fused-ring (bicyclic) bond motifs is 3. The number of nitrogens with one attached hydrogen (secondary N) is 2. The Hall–Kier alpha value is -1.91. The monoisotopic (exact) mass is 352 g/mol. The van der Waals surface area contributed by atoms with Crippen molar-refractivity contribution in [1.29, 1.82) is 0 Å². The Morgan fingerprint density at radius 1 is 1.12 bits per heavy atom. The van der Waals surface area contributed by atoms with Gasteiger partial charge >= 0.3 is 0 Å². The maximum Gasteiger partial charge on any atom is 0.223 e. The van der Waals surface area contributed by atoms with Gasteiger partial charge in [0.15, 0.2) is 0 Å². The van der Waals surface area contributed by atoms with Gasteiger partial charge in [0.25, 0.3) is 0 Å². The number of halogens is 1. The number of aromatic nitrogens is 2. The minimum Gasteiger partial charge on any atom is -0.351 e. The number of rotatable bonds is 3. The second kappa shape index (κ2) is 6.11. The Bertz CT molecular complexity index is 835. The second-order valence-electron chi connectivity index (χ2n) is 7.32. The summed E-state index contributed by atoms with van der Waals surface area (Å²) in [6.07, 6.45) is 9.74. The third kappa shape index (κ3) is 2.83. The molecule has 25 heavy (non-hydrogen) atoms. The molecule has 2 saturated heterocycles. The predicted molar refractivity (Wildman–Crippen MR) is 101 cm³/mol. The van der Waals surface area contributed by atoms with Crippen LogP contribution < -0.4 is 10.6 Å². The van der Waals surface area contributed by atoms with Crippen LogP contribution >= 0.6 is 11.6 Å². The van der Waals surface area contributed by atoms with Crippen LogP contribution in [0.1, 0.15) is 42.5 Å². The van der Waals surface area contributed by atoms with Gasteiger partial charge in [-0.2, -0.15) is 0 Å². The average molecular weight is 353 g/mol. The lowest BCUT2D eigenvalue weighted by Crippen LogP contribution is -2.43. The van der Waals surface area contributed by atoms with Crippen LogP contribution in [0.2, 0.25) is 5.02 Å². The first-order valence-corrected chi connectivity index (χ1v) is 9.48. The molecule has 5 rings (SSSR count). The molecule has 4 nitrogen and oxygen atoms in total. The lowest BCUT2D eigenvalue weighted by Gasteiger charge is -2.29. The van der Waals surface area contributed by atoms with E-state index in [0.717, 1.165) is 30.5 Å². The normalized spacial score (nSPS) is 27.1. The minimum absolute atomic E-state index is 0.442. The van der Waals surface area contributed by atoms with Gasteiger partial charge in [0.2, 0.25) is 5.95 Å². The molecule has 0 amide bonds. The summed E-state index contributed by atoms with van der Waals surface area (Å²) in [6.45, 7) is 0. The average Bonchev–Trinajstić information content (AvgIpc) is 3.20. The highest BCUT2D eigenvalue weighted by Crippen LogP contribution is 2.35. The van der Waals surface area contributed by atoms with Gasteiger partial charge in [0.05, 0.1) is 16.9 Å². The van der Waals surface area contributed by atoms with E-state index >= 15 is 0 Å². The van der Waals surface area contributed by atoms with Crippen molar-refractivity contribution < 1.29 is 0 Å². The Morgan fingerprint density at radius 2 is 1.92 bits per heavy atom. The number of benzene rings is 1. The van der Waals surface area contributed by atoms with Crippen LogP contribution in [0.25, 0.3) is 5.57 Å². The van der Waals surface area contributed by atoms with Crippen molar-refractivity contribution in [3.05, 3.63) is 58.4 Å². The predicted octanol–water partition coefficient (Wildman–Crippen LogP) is 3.81. The van der Waals surface area contributed by atoms with Crippen LogP contribution in [-0.2, 0) is 6.42 Å². The number of nitrogens with zero attached hydrogens (tertiary/aromatic N) is 2. The largest absolute Gasteiger partial charge is 0.351 e.